The Morgan fingerprint density at radius 3 is 1.44 bits per heavy atom. The third kappa shape index (κ3) is 7.07. The maximum Gasteiger partial charge on any atom is 0.0726 e. The van der Waals surface area contributed by atoms with Gasteiger partial charge in [-0.25, -0.2) is 0 Å². The van der Waals surface area contributed by atoms with Crippen molar-refractivity contribution in [3.05, 3.63) is 332 Å². The van der Waals surface area contributed by atoms with Gasteiger partial charge in [-0.1, -0.05) is 206 Å². The molecule has 14 aromatic rings. The van der Waals surface area contributed by atoms with Gasteiger partial charge in [0, 0.05) is 50.6 Å². The largest absolute Gasteiger partial charge is 0.310 e. The normalized spacial score (nSPS) is 13.3. The molecule has 0 aliphatic heterocycles. The van der Waals surface area contributed by atoms with Crippen LogP contribution in [0.25, 0.3) is 82.8 Å². The minimum atomic E-state index is -0.612. The third-order valence-electron chi connectivity index (χ3n) is 16.6. The molecular formula is C77H51N3. The zero-order valence-corrected chi connectivity index (χ0v) is 43.5. The Kier molecular flexibility index (Phi) is 9.55. The van der Waals surface area contributed by atoms with Crippen LogP contribution in [0.3, 0.4) is 0 Å². The lowest BCUT2D eigenvalue weighted by Crippen LogP contribution is -2.26. The second-order valence-corrected chi connectivity index (χ2v) is 20.9. The average Bonchev–Trinajstić information content (AvgIpc) is 1.54. The summed E-state index contributed by atoms with van der Waals surface area (Å²) < 4.78 is 41.8. The molecule has 3 heteroatoms. The molecule has 1 aromatic heterocycles. The van der Waals surface area contributed by atoms with Crippen LogP contribution in [0.4, 0.5) is 34.1 Å². The standard InChI is InChI=1S/C77H51N3/c1-4-18-52(19-5-1)53-34-39-61(40-35-53)79(63-45-47-76-70(50-63)69-27-13-17-31-75(69)80(76)59-22-8-3-9-23-59)62-43-38-56-48-55(32-33-57(56)49-62)54-36-41-60(42-37-54)78(58-20-6-2-7-21-58)64-44-46-68-67-26-12-16-30-73(67)77(74(68)51-64)71-28-14-10-24-65(71)66-25-11-15-29-72(66)77/h1-51H/i36D,37D,41D,42D. The summed E-state index contributed by atoms with van der Waals surface area (Å²) in [6.45, 7) is 0. The summed E-state index contributed by atoms with van der Waals surface area (Å²) in [5.41, 5.74) is 20.0. The number of anilines is 6. The number of nitrogens with zero attached hydrogens (tertiary/aromatic N) is 3. The van der Waals surface area contributed by atoms with Gasteiger partial charge < -0.3 is 14.4 Å². The van der Waals surface area contributed by atoms with E-state index in [1.807, 2.05) is 59.5 Å². The van der Waals surface area contributed by atoms with E-state index in [0.29, 0.717) is 5.56 Å². The maximum absolute atomic E-state index is 9.93. The van der Waals surface area contributed by atoms with E-state index in [1.54, 1.807) is 0 Å². The van der Waals surface area contributed by atoms with E-state index >= 15 is 0 Å². The number of benzene rings is 13. The molecule has 3 nitrogen and oxygen atoms in total. The molecule has 0 saturated heterocycles. The number of fused-ring (bicyclic) bond motifs is 14. The smallest absolute Gasteiger partial charge is 0.0726 e. The van der Waals surface area contributed by atoms with Crippen molar-refractivity contribution < 1.29 is 5.48 Å². The van der Waals surface area contributed by atoms with Crippen molar-refractivity contribution in [1.29, 1.82) is 0 Å². The molecule has 2 aliphatic rings. The predicted molar refractivity (Wildman–Crippen MR) is 335 cm³/mol. The highest BCUT2D eigenvalue weighted by molar-refractivity contribution is 6.11. The van der Waals surface area contributed by atoms with E-state index in [0.717, 1.165) is 83.6 Å². The molecule has 1 heterocycles. The summed E-state index contributed by atoms with van der Waals surface area (Å²) in [4.78, 5) is 4.22. The monoisotopic (exact) mass is 1020 g/mol. The molecule has 0 fully saturated rings. The molecule has 16 rings (SSSR count). The van der Waals surface area contributed by atoms with Crippen molar-refractivity contribution in [2.45, 2.75) is 5.41 Å². The van der Waals surface area contributed by atoms with E-state index in [1.165, 1.54) is 38.8 Å². The van der Waals surface area contributed by atoms with Crippen LogP contribution in [0.15, 0.2) is 309 Å². The lowest BCUT2D eigenvalue weighted by molar-refractivity contribution is 0.793. The Balaban J connectivity index is 0.808. The van der Waals surface area contributed by atoms with Gasteiger partial charge in [0.05, 0.1) is 21.9 Å². The van der Waals surface area contributed by atoms with Crippen LogP contribution in [0.5, 0.6) is 0 Å². The second kappa shape index (κ2) is 18.3. The SMILES string of the molecule is [2H]c1c([2H])c(N(c2ccccc2)c2ccc3c(c2)C2(c4ccccc4-c4ccccc42)c2ccccc2-3)c([2H])c([2H])c1-c1ccc2cc(N(c3ccc(-c4ccccc4)cc3)c3ccc4c(c3)c3ccccc3n4-c3ccccc3)ccc2c1. The van der Waals surface area contributed by atoms with Crippen LogP contribution in [-0.2, 0) is 5.41 Å². The second-order valence-electron chi connectivity index (χ2n) is 20.9. The molecule has 2 aliphatic carbocycles. The van der Waals surface area contributed by atoms with Crippen LogP contribution in [-0.4, -0.2) is 4.57 Å². The Morgan fingerprint density at radius 2 is 0.738 bits per heavy atom. The third-order valence-corrected chi connectivity index (χ3v) is 16.6. The molecule has 0 saturated carbocycles. The molecule has 0 amide bonds. The predicted octanol–water partition coefficient (Wildman–Crippen LogP) is 20.6. The summed E-state index contributed by atoms with van der Waals surface area (Å²) in [7, 11) is 0. The number of hydrogen-bond acceptors (Lipinski definition) is 2. The molecule has 0 N–H and O–H groups in total. The summed E-state index contributed by atoms with van der Waals surface area (Å²) in [5, 5.41) is 4.19. The Bertz CT molecular complexity index is 4870. The Hall–Kier alpha value is -10.5. The zero-order valence-electron chi connectivity index (χ0n) is 47.5. The fourth-order valence-corrected chi connectivity index (χ4v) is 13.1. The molecule has 13 aromatic carbocycles. The quantitative estimate of drug-likeness (QED) is 0.143. The molecule has 0 bridgehead atoms. The number of aromatic nitrogens is 1. The van der Waals surface area contributed by atoms with E-state index < -0.39 is 5.41 Å². The van der Waals surface area contributed by atoms with Crippen LogP contribution in [0.1, 0.15) is 27.7 Å². The lowest BCUT2D eigenvalue weighted by atomic mass is 9.70. The van der Waals surface area contributed by atoms with Crippen molar-refractivity contribution in [1.82, 2.24) is 4.57 Å². The van der Waals surface area contributed by atoms with Gasteiger partial charge >= 0.3 is 0 Å². The number of para-hydroxylation sites is 3. The van der Waals surface area contributed by atoms with Gasteiger partial charge in [-0.3, -0.25) is 0 Å². The van der Waals surface area contributed by atoms with Crippen LogP contribution < -0.4 is 9.80 Å². The summed E-state index contributed by atoms with van der Waals surface area (Å²) in [5.74, 6) is 0. The summed E-state index contributed by atoms with van der Waals surface area (Å²) in [6.07, 6.45) is 0. The summed E-state index contributed by atoms with van der Waals surface area (Å²) >= 11 is 0. The summed E-state index contributed by atoms with van der Waals surface area (Å²) in [6, 6.07) is 99.3. The topological polar surface area (TPSA) is 11.4 Å². The molecule has 374 valence electrons. The van der Waals surface area contributed by atoms with Gasteiger partial charge in [-0.05, 0) is 181 Å². The zero-order chi connectivity index (χ0) is 56.2. The van der Waals surface area contributed by atoms with Crippen LogP contribution in [0.2, 0.25) is 0 Å². The first kappa shape index (κ1) is 41.7. The Morgan fingerprint density at radius 1 is 0.275 bits per heavy atom. The van der Waals surface area contributed by atoms with Gasteiger partial charge in [0.2, 0.25) is 0 Å². The first-order chi connectivity index (χ1) is 41.3. The highest BCUT2D eigenvalue weighted by Gasteiger charge is 2.51. The lowest BCUT2D eigenvalue weighted by Gasteiger charge is -2.32. The van der Waals surface area contributed by atoms with Crippen molar-refractivity contribution in [3.8, 4) is 50.2 Å². The van der Waals surface area contributed by atoms with Crippen molar-refractivity contribution in [3.63, 3.8) is 0 Å². The number of hydrogen-bond donors (Lipinski definition) is 0. The van der Waals surface area contributed by atoms with Gasteiger partial charge in [-0.15, -0.1) is 0 Å². The molecule has 0 radical (unpaired) electrons. The van der Waals surface area contributed by atoms with Gasteiger partial charge in [0.25, 0.3) is 0 Å². The van der Waals surface area contributed by atoms with Gasteiger partial charge in [0.1, 0.15) is 0 Å². The number of rotatable bonds is 9. The van der Waals surface area contributed by atoms with Crippen molar-refractivity contribution >= 4 is 66.7 Å². The van der Waals surface area contributed by atoms with Crippen LogP contribution in [0, 0.1) is 0 Å². The highest BCUT2D eigenvalue weighted by Crippen LogP contribution is 2.63. The first-order valence-corrected chi connectivity index (χ1v) is 27.3. The molecule has 1 spiro atoms. The van der Waals surface area contributed by atoms with E-state index in [-0.39, 0.29) is 35.4 Å². The Labute approximate surface area is 471 Å². The highest BCUT2D eigenvalue weighted by atomic mass is 15.1. The van der Waals surface area contributed by atoms with Crippen molar-refractivity contribution in [2.75, 3.05) is 9.80 Å². The van der Waals surface area contributed by atoms with Crippen molar-refractivity contribution in [2.24, 2.45) is 0 Å². The van der Waals surface area contributed by atoms with E-state index in [9.17, 15) is 5.48 Å². The maximum atomic E-state index is 9.93. The molecule has 0 unspecified atom stereocenters. The minimum Gasteiger partial charge on any atom is -0.310 e. The molecular weight excluding hydrogens is 967 g/mol. The minimum absolute atomic E-state index is 0.110. The fourth-order valence-electron chi connectivity index (χ4n) is 13.1. The first-order valence-electron chi connectivity index (χ1n) is 29.3. The molecule has 0 atom stereocenters. The van der Waals surface area contributed by atoms with Gasteiger partial charge in [-0.2, -0.15) is 0 Å². The molecule has 80 heavy (non-hydrogen) atoms. The van der Waals surface area contributed by atoms with Gasteiger partial charge in [0.15, 0.2) is 0 Å². The van der Waals surface area contributed by atoms with E-state index in [4.69, 9.17) is 0 Å². The fraction of sp³-hybridized carbons (Fsp3) is 0.0130. The van der Waals surface area contributed by atoms with Crippen LogP contribution >= 0.6 is 0 Å². The average molecular weight is 1020 g/mol. The van der Waals surface area contributed by atoms with E-state index in [2.05, 4.69) is 240 Å².